The third kappa shape index (κ3) is 102. The molecule has 0 aliphatic rings. The molecule has 0 fully saturated rings. The molecular formula is C10H26N6O4. The van der Waals surface area contributed by atoms with Crippen molar-refractivity contribution in [2.75, 3.05) is 26.2 Å². The fourth-order valence-corrected chi connectivity index (χ4v) is 0.164. The topological polar surface area (TPSA) is 209 Å². The number of nitrogens with two attached hydrogens (primary N) is 6. The molecule has 0 spiro atoms. The van der Waals surface area contributed by atoms with E-state index in [4.69, 9.17) is 22.9 Å². The zero-order chi connectivity index (χ0) is 16.8. The van der Waals surface area contributed by atoms with E-state index in [1.165, 1.54) is 0 Å². The van der Waals surface area contributed by atoms with Crippen molar-refractivity contribution in [2.45, 2.75) is 0 Å². The summed E-state index contributed by atoms with van der Waals surface area (Å²) >= 11 is 0. The Hall–Kier alpha value is -2.14. The first-order chi connectivity index (χ1) is 9.37. The van der Waals surface area contributed by atoms with Crippen molar-refractivity contribution in [1.29, 1.82) is 0 Å². The molecule has 10 nitrogen and oxygen atoms in total. The van der Waals surface area contributed by atoms with Gasteiger partial charge in [-0.3, -0.25) is 0 Å². The van der Waals surface area contributed by atoms with Gasteiger partial charge in [0.2, 0.25) is 0 Å². The summed E-state index contributed by atoms with van der Waals surface area (Å²) in [4.78, 5) is 19.1. The second-order valence-electron chi connectivity index (χ2n) is 2.36. The van der Waals surface area contributed by atoms with Gasteiger partial charge in [-0.25, -0.2) is 9.59 Å². The number of carbonyl (C=O) groups excluding carboxylic acids is 2. The molecule has 0 aliphatic heterocycles. The molecule has 0 heterocycles. The van der Waals surface area contributed by atoms with Crippen LogP contribution in [0.5, 0.6) is 0 Å². The van der Waals surface area contributed by atoms with Gasteiger partial charge in [-0.1, -0.05) is 13.2 Å². The monoisotopic (exact) mass is 294 g/mol. The highest BCUT2D eigenvalue weighted by molar-refractivity contribution is 5.65. The van der Waals surface area contributed by atoms with Crippen LogP contribution in [-0.4, -0.2) is 38.4 Å². The molecule has 20 heavy (non-hydrogen) atoms. The van der Waals surface area contributed by atoms with Gasteiger partial charge < -0.3 is 43.9 Å². The van der Waals surface area contributed by atoms with Crippen molar-refractivity contribution in [3.05, 3.63) is 25.7 Å². The third-order valence-corrected chi connectivity index (χ3v) is 0.732. The molecule has 0 unspecified atom stereocenters. The Morgan fingerprint density at radius 2 is 0.950 bits per heavy atom. The minimum absolute atomic E-state index is 0.597. The number of rotatable bonds is 4. The van der Waals surface area contributed by atoms with Crippen molar-refractivity contribution in [1.82, 2.24) is 0 Å². The van der Waals surface area contributed by atoms with Crippen LogP contribution in [0.2, 0.25) is 0 Å². The van der Waals surface area contributed by atoms with E-state index in [2.05, 4.69) is 34.1 Å². The summed E-state index contributed by atoms with van der Waals surface area (Å²) in [6.07, 6.45) is 0.292. The highest BCUT2D eigenvalue weighted by atomic mass is 16.5. The van der Waals surface area contributed by atoms with Crippen molar-refractivity contribution in [3.8, 4) is 0 Å². The zero-order valence-corrected chi connectivity index (χ0v) is 11.5. The van der Waals surface area contributed by atoms with Gasteiger partial charge in [0, 0.05) is 26.2 Å². The fraction of sp³-hybridized carbons (Fsp3) is 0.400. The van der Waals surface area contributed by atoms with Crippen LogP contribution in [-0.2, 0) is 9.47 Å². The highest BCUT2D eigenvalue weighted by Gasteiger charge is 1.80. The van der Waals surface area contributed by atoms with Gasteiger partial charge >= 0.3 is 12.2 Å². The summed E-state index contributed by atoms with van der Waals surface area (Å²) in [6.45, 7) is 8.54. The van der Waals surface area contributed by atoms with E-state index in [1.54, 1.807) is 0 Å². The van der Waals surface area contributed by atoms with Crippen molar-refractivity contribution >= 4 is 12.2 Å². The van der Waals surface area contributed by atoms with Gasteiger partial charge in [-0.15, -0.1) is 0 Å². The number of ether oxygens (including phenoxy) is 2. The molecule has 0 atom stereocenters. The predicted octanol–water partition coefficient (Wildman–Crippen LogP) is -1.74. The molecule has 12 N–H and O–H groups in total. The van der Waals surface area contributed by atoms with Gasteiger partial charge in [-0.2, -0.15) is 0 Å². The normalized spacial score (nSPS) is 7.00. The summed E-state index contributed by atoms with van der Waals surface area (Å²) in [5.74, 6) is 0. The lowest BCUT2D eigenvalue weighted by atomic mass is 10.7. The molecule has 0 aromatic carbocycles. The first kappa shape index (κ1) is 26.4. The molecule has 2 amide bonds. The molecule has 0 saturated carbocycles. The fourth-order valence-electron chi connectivity index (χ4n) is 0.164. The average molecular weight is 294 g/mol. The van der Waals surface area contributed by atoms with E-state index in [1.807, 2.05) is 0 Å². The summed E-state index contributed by atoms with van der Waals surface area (Å²) in [6, 6.07) is 0. The van der Waals surface area contributed by atoms with Crippen molar-refractivity contribution in [3.63, 3.8) is 0 Å². The van der Waals surface area contributed by atoms with E-state index in [-0.39, 0.29) is 0 Å². The van der Waals surface area contributed by atoms with Gasteiger partial charge in [0.15, 0.2) is 0 Å². The summed E-state index contributed by atoms with van der Waals surface area (Å²) in [7, 11) is 0. The number of hydrogen-bond acceptors (Lipinski definition) is 8. The van der Waals surface area contributed by atoms with Crippen LogP contribution >= 0.6 is 0 Å². The zero-order valence-electron chi connectivity index (χ0n) is 11.5. The second kappa shape index (κ2) is 30.2. The lowest BCUT2D eigenvalue weighted by Gasteiger charge is -1.83. The Morgan fingerprint density at radius 3 is 0.950 bits per heavy atom. The Kier molecular flexibility index (Phi) is 39.8. The van der Waals surface area contributed by atoms with Crippen LogP contribution in [0.4, 0.5) is 9.59 Å². The van der Waals surface area contributed by atoms with E-state index in [0.29, 0.717) is 26.2 Å². The smallest absolute Gasteiger partial charge is 0.409 e. The molecule has 10 heteroatoms. The maximum Gasteiger partial charge on any atom is 0.409 e. The van der Waals surface area contributed by atoms with Crippen LogP contribution in [0, 0.1) is 0 Å². The van der Waals surface area contributed by atoms with Crippen molar-refractivity contribution < 1.29 is 19.1 Å². The quantitative estimate of drug-likeness (QED) is 0.327. The standard InChI is InChI=1S/2C3H5NO2.2C2H8N2/c2*1-2-6-3(4)5;2*3-1-2-4/h2*2H,1H2,(H2,4,5);2*1-4H2. The maximum atomic E-state index is 9.53. The summed E-state index contributed by atoms with van der Waals surface area (Å²) < 4.78 is 7.89. The number of hydrogen-bond donors (Lipinski definition) is 6. The Morgan fingerprint density at radius 1 is 0.750 bits per heavy atom. The molecule has 0 saturated heterocycles. The Labute approximate surface area is 118 Å². The summed E-state index contributed by atoms with van der Waals surface area (Å²) in [5, 5.41) is 0. The maximum absolute atomic E-state index is 9.53. The minimum atomic E-state index is -0.829. The molecule has 0 aromatic rings. The van der Waals surface area contributed by atoms with E-state index < -0.39 is 12.2 Å². The Bertz CT molecular complexity index is 210. The predicted molar refractivity (Wildman–Crippen MR) is 77.9 cm³/mol. The third-order valence-electron chi connectivity index (χ3n) is 0.732. The second-order valence-corrected chi connectivity index (χ2v) is 2.36. The molecule has 0 aliphatic carbocycles. The SMILES string of the molecule is C=COC(N)=O.C=COC(N)=O.NCCN.NCCN. The van der Waals surface area contributed by atoms with E-state index >= 15 is 0 Å². The molecule has 0 bridgehead atoms. The molecular weight excluding hydrogens is 268 g/mol. The molecule has 0 radical (unpaired) electrons. The van der Waals surface area contributed by atoms with Crippen LogP contribution in [0.3, 0.4) is 0 Å². The van der Waals surface area contributed by atoms with E-state index in [0.717, 1.165) is 12.5 Å². The lowest BCUT2D eigenvalue weighted by Crippen LogP contribution is -2.11. The number of amides is 2. The number of primary amides is 2. The average Bonchev–Trinajstić information content (AvgIpc) is 2.39. The first-order valence-electron chi connectivity index (χ1n) is 5.31. The van der Waals surface area contributed by atoms with Crippen LogP contribution < -0.4 is 34.4 Å². The van der Waals surface area contributed by atoms with Crippen LogP contribution in [0.15, 0.2) is 25.7 Å². The minimum Gasteiger partial charge on any atom is -0.419 e. The van der Waals surface area contributed by atoms with Gasteiger partial charge in [0.1, 0.15) is 0 Å². The summed E-state index contributed by atoms with van der Waals surface area (Å²) in [5.41, 5.74) is 28.6. The van der Waals surface area contributed by atoms with Gasteiger partial charge in [0.05, 0.1) is 12.5 Å². The van der Waals surface area contributed by atoms with Crippen molar-refractivity contribution in [2.24, 2.45) is 34.4 Å². The van der Waals surface area contributed by atoms with Crippen LogP contribution in [0.25, 0.3) is 0 Å². The number of carbonyl (C=O) groups is 2. The van der Waals surface area contributed by atoms with Gasteiger partial charge in [0.25, 0.3) is 0 Å². The van der Waals surface area contributed by atoms with Crippen LogP contribution in [0.1, 0.15) is 0 Å². The molecule has 0 aromatic heterocycles. The first-order valence-corrected chi connectivity index (χ1v) is 5.31. The lowest BCUT2D eigenvalue weighted by molar-refractivity contribution is 0.195. The molecule has 0 rings (SSSR count). The Balaban J connectivity index is -0.0000000871. The largest absolute Gasteiger partial charge is 0.419 e. The van der Waals surface area contributed by atoms with Gasteiger partial charge in [-0.05, 0) is 0 Å². The highest BCUT2D eigenvalue weighted by Crippen LogP contribution is 1.67. The molecule has 120 valence electrons. The van der Waals surface area contributed by atoms with E-state index in [9.17, 15) is 9.59 Å².